The lowest BCUT2D eigenvalue weighted by Gasteiger charge is -1.94. The van der Waals surface area contributed by atoms with Crippen molar-refractivity contribution in [3.63, 3.8) is 0 Å². The minimum Gasteiger partial charge on any atom is -0.376 e. The van der Waals surface area contributed by atoms with Crippen LogP contribution < -0.4 is 0 Å². The number of benzene rings is 1. The molecular formula is C11H11BrOS. The first-order chi connectivity index (χ1) is 6.79. The van der Waals surface area contributed by atoms with Crippen LogP contribution in [0.1, 0.15) is 11.8 Å². The van der Waals surface area contributed by atoms with Crippen molar-refractivity contribution >= 4 is 37.4 Å². The SMILES string of the molecule is CCOCc1cc2cc(Br)ccc2s1. The van der Waals surface area contributed by atoms with Gasteiger partial charge in [-0.3, -0.25) is 0 Å². The van der Waals surface area contributed by atoms with E-state index in [0.29, 0.717) is 0 Å². The van der Waals surface area contributed by atoms with Crippen molar-refractivity contribution in [1.29, 1.82) is 0 Å². The zero-order valence-electron chi connectivity index (χ0n) is 7.92. The van der Waals surface area contributed by atoms with Crippen LogP contribution in [0.4, 0.5) is 0 Å². The van der Waals surface area contributed by atoms with Gasteiger partial charge in [0.25, 0.3) is 0 Å². The van der Waals surface area contributed by atoms with Crippen LogP contribution in [0.5, 0.6) is 0 Å². The molecule has 3 heteroatoms. The fourth-order valence-electron chi connectivity index (χ4n) is 1.34. The topological polar surface area (TPSA) is 9.23 Å². The van der Waals surface area contributed by atoms with Crippen molar-refractivity contribution in [2.45, 2.75) is 13.5 Å². The average molecular weight is 271 g/mol. The smallest absolute Gasteiger partial charge is 0.0809 e. The predicted molar refractivity (Wildman–Crippen MR) is 64.9 cm³/mol. The van der Waals surface area contributed by atoms with Gasteiger partial charge in [0.2, 0.25) is 0 Å². The van der Waals surface area contributed by atoms with E-state index >= 15 is 0 Å². The third kappa shape index (κ3) is 2.16. The Kier molecular flexibility index (Phi) is 3.21. The molecule has 0 saturated carbocycles. The van der Waals surface area contributed by atoms with Gasteiger partial charge >= 0.3 is 0 Å². The van der Waals surface area contributed by atoms with Crippen molar-refractivity contribution in [2.24, 2.45) is 0 Å². The molecule has 2 rings (SSSR count). The summed E-state index contributed by atoms with van der Waals surface area (Å²) < 4.78 is 7.83. The van der Waals surface area contributed by atoms with E-state index in [9.17, 15) is 0 Å². The molecule has 14 heavy (non-hydrogen) atoms. The van der Waals surface area contributed by atoms with Gasteiger partial charge in [-0.05, 0) is 36.6 Å². The molecule has 74 valence electrons. The Bertz CT molecular complexity index is 436. The van der Waals surface area contributed by atoms with Gasteiger partial charge in [0.1, 0.15) is 0 Å². The quantitative estimate of drug-likeness (QED) is 0.812. The summed E-state index contributed by atoms with van der Waals surface area (Å²) in [5.74, 6) is 0. The standard InChI is InChI=1S/C11H11BrOS/c1-2-13-7-10-6-8-5-9(12)3-4-11(8)14-10/h3-6H,2,7H2,1H3. The van der Waals surface area contributed by atoms with Crippen molar-refractivity contribution < 1.29 is 4.74 Å². The molecule has 0 aliphatic rings. The maximum absolute atomic E-state index is 5.38. The second-order valence-electron chi connectivity index (χ2n) is 3.03. The summed E-state index contributed by atoms with van der Waals surface area (Å²) in [6.45, 7) is 3.52. The summed E-state index contributed by atoms with van der Waals surface area (Å²) in [7, 11) is 0. The second-order valence-corrected chi connectivity index (χ2v) is 5.12. The summed E-state index contributed by atoms with van der Waals surface area (Å²) in [5, 5.41) is 1.29. The highest BCUT2D eigenvalue weighted by atomic mass is 79.9. The van der Waals surface area contributed by atoms with Crippen LogP contribution in [0, 0.1) is 0 Å². The van der Waals surface area contributed by atoms with Gasteiger partial charge in [-0.15, -0.1) is 11.3 Å². The number of rotatable bonds is 3. The molecule has 0 aliphatic carbocycles. The highest BCUT2D eigenvalue weighted by molar-refractivity contribution is 9.10. The number of ether oxygens (including phenoxy) is 1. The monoisotopic (exact) mass is 270 g/mol. The maximum Gasteiger partial charge on any atom is 0.0809 e. The molecule has 0 unspecified atom stereocenters. The molecule has 0 aliphatic heterocycles. The number of fused-ring (bicyclic) bond motifs is 1. The predicted octanol–water partition coefficient (Wildman–Crippen LogP) is 4.20. The minimum absolute atomic E-state index is 0.730. The third-order valence-corrected chi connectivity index (χ3v) is 3.56. The average Bonchev–Trinajstić information content (AvgIpc) is 2.56. The van der Waals surface area contributed by atoms with E-state index in [1.165, 1.54) is 15.0 Å². The summed E-state index contributed by atoms with van der Waals surface area (Å²) in [4.78, 5) is 1.29. The number of hydrogen-bond acceptors (Lipinski definition) is 2. The van der Waals surface area contributed by atoms with E-state index in [1.54, 1.807) is 11.3 Å². The molecule has 0 atom stereocenters. The molecule has 0 radical (unpaired) electrons. The van der Waals surface area contributed by atoms with E-state index in [2.05, 4.69) is 40.2 Å². The fraction of sp³-hybridized carbons (Fsp3) is 0.273. The molecule has 0 amide bonds. The third-order valence-electron chi connectivity index (χ3n) is 1.98. The van der Waals surface area contributed by atoms with Gasteiger partial charge in [-0.1, -0.05) is 15.9 Å². The largest absolute Gasteiger partial charge is 0.376 e. The minimum atomic E-state index is 0.730. The normalized spacial score (nSPS) is 11.0. The first-order valence-corrected chi connectivity index (χ1v) is 6.16. The molecule has 1 aromatic heterocycles. The molecular weight excluding hydrogens is 260 g/mol. The number of hydrogen-bond donors (Lipinski definition) is 0. The van der Waals surface area contributed by atoms with Gasteiger partial charge in [-0.25, -0.2) is 0 Å². The Balaban J connectivity index is 2.32. The van der Waals surface area contributed by atoms with Crippen molar-refractivity contribution in [3.8, 4) is 0 Å². The second kappa shape index (κ2) is 4.43. The van der Waals surface area contributed by atoms with Gasteiger partial charge in [0, 0.05) is 20.7 Å². The summed E-state index contributed by atoms with van der Waals surface area (Å²) in [5.41, 5.74) is 0. The molecule has 0 N–H and O–H groups in total. The van der Waals surface area contributed by atoms with Crippen LogP contribution in [0.25, 0.3) is 10.1 Å². The zero-order valence-corrected chi connectivity index (χ0v) is 10.3. The highest BCUT2D eigenvalue weighted by Crippen LogP contribution is 2.28. The summed E-state index contributed by atoms with van der Waals surface area (Å²) >= 11 is 5.27. The van der Waals surface area contributed by atoms with Crippen LogP contribution in [-0.4, -0.2) is 6.61 Å². The summed E-state index contributed by atoms with van der Waals surface area (Å²) in [6.07, 6.45) is 0. The van der Waals surface area contributed by atoms with Crippen molar-refractivity contribution in [2.75, 3.05) is 6.61 Å². The van der Waals surface area contributed by atoms with E-state index in [1.807, 2.05) is 6.92 Å². The molecule has 0 spiro atoms. The molecule has 1 aromatic carbocycles. The van der Waals surface area contributed by atoms with Gasteiger partial charge in [-0.2, -0.15) is 0 Å². The Labute approximate surface area is 95.8 Å². The van der Waals surface area contributed by atoms with Crippen molar-refractivity contribution in [1.82, 2.24) is 0 Å². The molecule has 0 bridgehead atoms. The van der Waals surface area contributed by atoms with Crippen LogP contribution >= 0.6 is 27.3 Å². The van der Waals surface area contributed by atoms with Gasteiger partial charge in [0.05, 0.1) is 6.61 Å². The zero-order chi connectivity index (χ0) is 9.97. The lowest BCUT2D eigenvalue weighted by Crippen LogP contribution is -1.87. The number of halogens is 1. The van der Waals surface area contributed by atoms with Gasteiger partial charge in [0.15, 0.2) is 0 Å². The van der Waals surface area contributed by atoms with Gasteiger partial charge < -0.3 is 4.74 Å². The molecule has 0 saturated heterocycles. The Hall–Kier alpha value is -0.380. The fourth-order valence-corrected chi connectivity index (χ4v) is 2.70. The Morgan fingerprint density at radius 2 is 2.21 bits per heavy atom. The lowest BCUT2D eigenvalue weighted by molar-refractivity contribution is 0.136. The molecule has 0 fully saturated rings. The van der Waals surface area contributed by atoms with E-state index in [4.69, 9.17) is 4.74 Å². The van der Waals surface area contributed by atoms with Crippen molar-refractivity contribution in [3.05, 3.63) is 33.6 Å². The van der Waals surface area contributed by atoms with E-state index in [-0.39, 0.29) is 0 Å². The van der Waals surface area contributed by atoms with Crippen LogP contribution in [0.15, 0.2) is 28.7 Å². The number of thiophene rings is 1. The van der Waals surface area contributed by atoms with E-state index in [0.717, 1.165) is 17.7 Å². The maximum atomic E-state index is 5.38. The first kappa shape index (κ1) is 10.1. The summed E-state index contributed by atoms with van der Waals surface area (Å²) in [6, 6.07) is 8.55. The Morgan fingerprint density at radius 3 is 3.00 bits per heavy atom. The first-order valence-electron chi connectivity index (χ1n) is 4.55. The van der Waals surface area contributed by atoms with Crippen LogP contribution in [0.2, 0.25) is 0 Å². The Morgan fingerprint density at radius 1 is 1.36 bits per heavy atom. The lowest BCUT2D eigenvalue weighted by atomic mass is 10.2. The van der Waals surface area contributed by atoms with Crippen LogP contribution in [0.3, 0.4) is 0 Å². The van der Waals surface area contributed by atoms with Crippen LogP contribution in [-0.2, 0) is 11.3 Å². The molecule has 2 aromatic rings. The van der Waals surface area contributed by atoms with E-state index < -0.39 is 0 Å². The molecule has 1 nitrogen and oxygen atoms in total. The molecule has 1 heterocycles. The highest BCUT2D eigenvalue weighted by Gasteiger charge is 2.01.